The minimum Gasteiger partial charge on any atom is -0.465 e. The van der Waals surface area contributed by atoms with Gasteiger partial charge in [-0.05, 0) is 35.7 Å². The summed E-state index contributed by atoms with van der Waals surface area (Å²) in [6.07, 6.45) is 1.63. The summed E-state index contributed by atoms with van der Waals surface area (Å²) in [4.78, 5) is 16.3. The van der Waals surface area contributed by atoms with Crippen molar-refractivity contribution < 1.29 is 9.53 Å². The van der Waals surface area contributed by atoms with Gasteiger partial charge in [0.25, 0.3) is 0 Å². The number of hydrogen-bond donors (Lipinski definition) is 0. The van der Waals surface area contributed by atoms with Gasteiger partial charge in [-0.25, -0.2) is 14.3 Å². The molecule has 0 fully saturated rings. The summed E-state index contributed by atoms with van der Waals surface area (Å²) in [7, 11) is 1.36. The molecule has 4 rings (SSSR count). The molecule has 0 bridgehead atoms. The third-order valence-corrected chi connectivity index (χ3v) is 4.41. The molecule has 5 nitrogen and oxygen atoms in total. The van der Waals surface area contributed by atoms with Crippen LogP contribution in [-0.2, 0) is 4.74 Å². The Balaban J connectivity index is 1.82. The molecule has 2 heterocycles. The highest BCUT2D eigenvalue weighted by Gasteiger charge is 2.14. The molecule has 0 amide bonds. The van der Waals surface area contributed by atoms with E-state index in [1.807, 2.05) is 30.3 Å². The number of pyridine rings is 1. The fourth-order valence-electron chi connectivity index (χ4n) is 3.04. The van der Waals surface area contributed by atoms with Crippen LogP contribution in [0.15, 0.2) is 66.9 Å². The number of methoxy groups -OCH3 is 1. The average molecular weight is 343 g/mol. The van der Waals surface area contributed by atoms with Crippen LogP contribution in [0.1, 0.15) is 15.9 Å². The fourth-order valence-corrected chi connectivity index (χ4v) is 3.04. The molecule has 4 aromatic rings. The van der Waals surface area contributed by atoms with E-state index in [1.54, 1.807) is 22.8 Å². The van der Waals surface area contributed by atoms with Crippen molar-refractivity contribution >= 4 is 11.6 Å². The van der Waals surface area contributed by atoms with Gasteiger partial charge in [0.2, 0.25) is 0 Å². The van der Waals surface area contributed by atoms with Gasteiger partial charge in [0, 0.05) is 11.8 Å². The smallest absolute Gasteiger partial charge is 0.339 e. The molecule has 0 radical (unpaired) electrons. The standard InChI is InChI=1S/C21H17N3O2/c1-14-17(15-7-4-3-5-8-15)9-6-10-18(14)20-22-19-12-11-16(21(25)26-2)13-24(19)23-20/h3-13H,1-2H3. The van der Waals surface area contributed by atoms with Crippen LogP contribution in [0.3, 0.4) is 0 Å². The molecule has 26 heavy (non-hydrogen) atoms. The second kappa shape index (κ2) is 6.44. The van der Waals surface area contributed by atoms with E-state index in [0.29, 0.717) is 17.0 Å². The highest BCUT2D eigenvalue weighted by atomic mass is 16.5. The van der Waals surface area contributed by atoms with E-state index in [1.165, 1.54) is 7.11 Å². The minimum absolute atomic E-state index is 0.397. The summed E-state index contributed by atoms with van der Waals surface area (Å²) in [5, 5.41) is 4.55. The molecule has 128 valence electrons. The zero-order chi connectivity index (χ0) is 18.1. The van der Waals surface area contributed by atoms with E-state index in [0.717, 1.165) is 22.3 Å². The third-order valence-electron chi connectivity index (χ3n) is 4.41. The van der Waals surface area contributed by atoms with E-state index in [9.17, 15) is 4.79 Å². The summed E-state index contributed by atoms with van der Waals surface area (Å²) < 4.78 is 6.37. The van der Waals surface area contributed by atoms with E-state index in [4.69, 9.17) is 4.74 Å². The maximum Gasteiger partial charge on any atom is 0.339 e. The molecule has 2 aromatic heterocycles. The Hall–Kier alpha value is -3.47. The summed E-state index contributed by atoms with van der Waals surface area (Å²) in [6, 6.07) is 19.8. The maximum absolute atomic E-state index is 11.7. The van der Waals surface area contributed by atoms with Crippen LogP contribution < -0.4 is 0 Å². The lowest BCUT2D eigenvalue weighted by Crippen LogP contribution is -2.03. The number of nitrogens with zero attached hydrogens (tertiary/aromatic N) is 3. The van der Waals surface area contributed by atoms with Crippen LogP contribution in [0.5, 0.6) is 0 Å². The molecular formula is C21H17N3O2. The van der Waals surface area contributed by atoms with Crippen LogP contribution in [0.25, 0.3) is 28.2 Å². The Labute approximate surface area is 150 Å². The van der Waals surface area contributed by atoms with Gasteiger partial charge >= 0.3 is 5.97 Å². The first kappa shape index (κ1) is 16.0. The maximum atomic E-state index is 11.7. The first-order valence-corrected chi connectivity index (χ1v) is 8.27. The van der Waals surface area contributed by atoms with Crippen LogP contribution in [-0.4, -0.2) is 27.7 Å². The van der Waals surface area contributed by atoms with Crippen LogP contribution >= 0.6 is 0 Å². The summed E-state index contributed by atoms with van der Waals surface area (Å²) in [5.74, 6) is 0.230. The third kappa shape index (κ3) is 2.73. The number of carbonyl (C=O) groups is 1. The van der Waals surface area contributed by atoms with Crippen molar-refractivity contribution in [1.82, 2.24) is 14.6 Å². The quantitative estimate of drug-likeness (QED) is 0.524. The molecule has 0 atom stereocenters. The Morgan fingerprint density at radius 2 is 1.73 bits per heavy atom. The fraction of sp³-hybridized carbons (Fsp3) is 0.0952. The SMILES string of the molecule is COC(=O)c1ccc2nc(-c3cccc(-c4ccccc4)c3C)nn2c1. The van der Waals surface area contributed by atoms with Crippen molar-refractivity contribution in [3.8, 4) is 22.5 Å². The van der Waals surface area contributed by atoms with E-state index < -0.39 is 5.97 Å². The molecule has 0 aliphatic carbocycles. The van der Waals surface area contributed by atoms with Crippen molar-refractivity contribution in [2.24, 2.45) is 0 Å². The highest BCUT2D eigenvalue weighted by molar-refractivity contribution is 5.89. The minimum atomic E-state index is -0.397. The number of rotatable bonds is 3. The van der Waals surface area contributed by atoms with E-state index >= 15 is 0 Å². The molecular weight excluding hydrogens is 326 g/mol. The lowest BCUT2D eigenvalue weighted by atomic mass is 9.96. The molecule has 0 saturated carbocycles. The Bertz CT molecular complexity index is 1100. The predicted octanol–water partition coefficient (Wildman–Crippen LogP) is 4.16. The Morgan fingerprint density at radius 3 is 2.50 bits per heavy atom. The predicted molar refractivity (Wildman–Crippen MR) is 99.9 cm³/mol. The molecule has 0 spiro atoms. The van der Waals surface area contributed by atoms with Gasteiger partial charge in [-0.15, -0.1) is 5.10 Å². The number of aromatic nitrogens is 3. The molecule has 0 N–H and O–H groups in total. The van der Waals surface area contributed by atoms with E-state index in [-0.39, 0.29) is 0 Å². The molecule has 0 aliphatic rings. The molecule has 2 aromatic carbocycles. The number of fused-ring (bicyclic) bond motifs is 1. The number of ether oxygens (including phenoxy) is 1. The Morgan fingerprint density at radius 1 is 0.962 bits per heavy atom. The molecule has 0 unspecified atom stereocenters. The van der Waals surface area contributed by atoms with Gasteiger partial charge in [-0.2, -0.15) is 0 Å². The summed E-state index contributed by atoms with van der Waals surface area (Å²) in [6.45, 7) is 2.07. The first-order valence-electron chi connectivity index (χ1n) is 8.27. The van der Waals surface area contributed by atoms with Gasteiger partial charge in [-0.1, -0.05) is 48.5 Å². The normalized spacial score (nSPS) is 10.8. The highest BCUT2D eigenvalue weighted by Crippen LogP contribution is 2.30. The van der Waals surface area contributed by atoms with Gasteiger partial charge < -0.3 is 4.74 Å². The molecule has 0 aliphatic heterocycles. The topological polar surface area (TPSA) is 56.5 Å². The monoisotopic (exact) mass is 343 g/mol. The largest absolute Gasteiger partial charge is 0.465 e. The molecule has 0 saturated heterocycles. The van der Waals surface area contributed by atoms with Crippen LogP contribution in [0.2, 0.25) is 0 Å². The summed E-state index contributed by atoms with van der Waals surface area (Å²) >= 11 is 0. The molecule has 5 heteroatoms. The lowest BCUT2D eigenvalue weighted by Gasteiger charge is -2.09. The van der Waals surface area contributed by atoms with Gasteiger partial charge in [0.15, 0.2) is 11.5 Å². The van der Waals surface area contributed by atoms with Gasteiger partial charge in [0.05, 0.1) is 12.7 Å². The van der Waals surface area contributed by atoms with Crippen LogP contribution in [0.4, 0.5) is 0 Å². The summed E-state index contributed by atoms with van der Waals surface area (Å²) in [5.41, 5.74) is 5.50. The first-order chi connectivity index (χ1) is 12.7. The lowest BCUT2D eigenvalue weighted by molar-refractivity contribution is 0.0600. The van der Waals surface area contributed by atoms with Crippen molar-refractivity contribution in [2.75, 3.05) is 7.11 Å². The van der Waals surface area contributed by atoms with Crippen molar-refractivity contribution in [3.05, 3.63) is 78.0 Å². The average Bonchev–Trinajstić information content (AvgIpc) is 3.11. The van der Waals surface area contributed by atoms with E-state index in [2.05, 4.69) is 35.2 Å². The number of carbonyl (C=O) groups excluding carboxylic acids is 1. The number of benzene rings is 2. The van der Waals surface area contributed by atoms with Gasteiger partial charge in [-0.3, -0.25) is 0 Å². The number of esters is 1. The Kier molecular flexibility index (Phi) is 3.97. The van der Waals surface area contributed by atoms with Crippen molar-refractivity contribution in [1.29, 1.82) is 0 Å². The number of hydrogen-bond acceptors (Lipinski definition) is 4. The van der Waals surface area contributed by atoms with Crippen LogP contribution in [0, 0.1) is 6.92 Å². The zero-order valence-electron chi connectivity index (χ0n) is 14.5. The van der Waals surface area contributed by atoms with Crippen molar-refractivity contribution in [3.63, 3.8) is 0 Å². The van der Waals surface area contributed by atoms with Gasteiger partial charge in [0.1, 0.15) is 0 Å². The zero-order valence-corrected chi connectivity index (χ0v) is 14.5. The second-order valence-electron chi connectivity index (χ2n) is 5.99. The second-order valence-corrected chi connectivity index (χ2v) is 5.99. The van der Waals surface area contributed by atoms with Crippen molar-refractivity contribution in [2.45, 2.75) is 6.92 Å².